The van der Waals surface area contributed by atoms with Crippen LogP contribution in [0.5, 0.6) is 5.75 Å². The molecule has 1 N–H and O–H groups in total. The highest BCUT2D eigenvalue weighted by molar-refractivity contribution is 6.30. The zero-order chi connectivity index (χ0) is 18.5. The number of amides is 1. The highest BCUT2D eigenvalue weighted by Crippen LogP contribution is 2.20. The van der Waals surface area contributed by atoms with Gasteiger partial charge in [0.25, 0.3) is 5.91 Å². The van der Waals surface area contributed by atoms with Gasteiger partial charge in [0.1, 0.15) is 5.82 Å². The Kier molecular flexibility index (Phi) is 5.53. The van der Waals surface area contributed by atoms with Crippen molar-refractivity contribution in [2.45, 2.75) is 13.5 Å². The van der Waals surface area contributed by atoms with Crippen LogP contribution >= 0.6 is 11.6 Å². The van der Waals surface area contributed by atoms with Crippen LogP contribution in [0.3, 0.4) is 0 Å². The Morgan fingerprint density at radius 2 is 1.88 bits per heavy atom. The number of halogens is 2. The van der Waals surface area contributed by atoms with Gasteiger partial charge in [0.15, 0.2) is 11.4 Å². The van der Waals surface area contributed by atoms with Crippen molar-refractivity contribution < 1.29 is 13.9 Å². The fourth-order valence-corrected chi connectivity index (χ4v) is 2.50. The van der Waals surface area contributed by atoms with Crippen molar-refractivity contribution in [3.8, 4) is 11.4 Å². The molecule has 3 rings (SSSR count). The molecule has 26 heavy (non-hydrogen) atoms. The molecule has 1 aromatic heterocycles. The molecule has 0 spiro atoms. The average Bonchev–Trinajstić information content (AvgIpc) is 3.06. The molecular weight excluding hydrogens is 357 g/mol. The van der Waals surface area contributed by atoms with Crippen LogP contribution in [0.2, 0.25) is 5.02 Å². The molecule has 0 bridgehead atoms. The fourth-order valence-electron chi connectivity index (χ4n) is 2.37. The van der Waals surface area contributed by atoms with Crippen molar-refractivity contribution in [1.29, 1.82) is 0 Å². The van der Waals surface area contributed by atoms with Crippen LogP contribution in [0.4, 0.5) is 4.39 Å². The summed E-state index contributed by atoms with van der Waals surface area (Å²) in [5.41, 5.74) is 1.72. The summed E-state index contributed by atoms with van der Waals surface area (Å²) >= 11 is 5.86. The van der Waals surface area contributed by atoms with Gasteiger partial charge in [-0.2, -0.15) is 5.10 Å². The highest BCUT2D eigenvalue weighted by atomic mass is 35.5. The molecule has 0 fully saturated rings. The standard InChI is InChI=1S/C19H17ClFN3O2/c1-2-26-17-12-24(16-9-7-15(21)8-10-16)23-18(17)19(25)22-11-13-3-5-14(20)6-4-13/h3-10,12H,2,11H2,1H3,(H,22,25). The van der Waals surface area contributed by atoms with Gasteiger partial charge in [-0.3, -0.25) is 4.79 Å². The summed E-state index contributed by atoms with van der Waals surface area (Å²) in [5, 5.41) is 7.74. The SMILES string of the molecule is CCOc1cn(-c2ccc(F)cc2)nc1C(=O)NCc1ccc(Cl)cc1. The lowest BCUT2D eigenvalue weighted by atomic mass is 10.2. The van der Waals surface area contributed by atoms with E-state index in [1.54, 1.807) is 30.5 Å². The molecule has 0 aliphatic carbocycles. The third-order valence-corrected chi connectivity index (χ3v) is 3.91. The summed E-state index contributed by atoms with van der Waals surface area (Å²) in [7, 11) is 0. The maximum absolute atomic E-state index is 13.1. The fraction of sp³-hybridized carbons (Fsp3) is 0.158. The Hall–Kier alpha value is -2.86. The molecule has 3 aromatic rings. The number of carbonyl (C=O) groups is 1. The normalized spacial score (nSPS) is 10.6. The minimum atomic E-state index is -0.357. The maximum atomic E-state index is 13.1. The van der Waals surface area contributed by atoms with Gasteiger partial charge in [0.05, 0.1) is 18.5 Å². The lowest BCUT2D eigenvalue weighted by Crippen LogP contribution is -2.24. The van der Waals surface area contributed by atoms with E-state index in [0.29, 0.717) is 29.6 Å². The van der Waals surface area contributed by atoms with Crippen molar-refractivity contribution >= 4 is 17.5 Å². The third-order valence-electron chi connectivity index (χ3n) is 3.65. The maximum Gasteiger partial charge on any atom is 0.275 e. The number of hydrogen-bond donors (Lipinski definition) is 1. The first-order valence-electron chi connectivity index (χ1n) is 8.08. The van der Waals surface area contributed by atoms with E-state index in [2.05, 4.69) is 10.4 Å². The largest absolute Gasteiger partial charge is 0.490 e. The predicted octanol–water partition coefficient (Wildman–Crippen LogP) is 3.99. The number of aromatic nitrogens is 2. The molecule has 1 amide bonds. The van der Waals surface area contributed by atoms with E-state index in [1.807, 2.05) is 19.1 Å². The van der Waals surface area contributed by atoms with E-state index in [9.17, 15) is 9.18 Å². The molecule has 5 nitrogen and oxygen atoms in total. The summed E-state index contributed by atoms with van der Waals surface area (Å²) in [6.45, 7) is 2.56. The lowest BCUT2D eigenvalue weighted by Gasteiger charge is -2.05. The van der Waals surface area contributed by atoms with Crippen molar-refractivity contribution in [3.05, 3.63) is 76.8 Å². The Morgan fingerprint density at radius 3 is 2.54 bits per heavy atom. The molecule has 0 saturated heterocycles. The van der Waals surface area contributed by atoms with Gasteiger partial charge in [-0.1, -0.05) is 23.7 Å². The molecule has 7 heteroatoms. The Labute approximate surface area is 155 Å². The molecule has 1 heterocycles. The first kappa shape index (κ1) is 17.9. The molecule has 0 atom stereocenters. The van der Waals surface area contributed by atoms with Gasteiger partial charge in [-0.15, -0.1) is 0 Å². The van der Waals surface area contributed by atoms with Crippen LogP contribution in [-0.2, 0) is 6.54 Å². The van der Waals surface area contributed by atoms with Crippen LogP contribution in [0, 0.1) is 5.82 Å². The van der Waals surface area contributed by atoms with Gasteiger partial charge < -0.3 is 10.1 Å². The van der Waals surface area contributed by atoms with E-state index >= 15 is 0 Å². The first-order chi connectivity index (χ1) is 12.6. The third kappa shape index (κ3) is 4.21. The van der Waals surface area contributed by atoms with Crippen molar-refractivity contribution in [1.82, 2.24) is 15.1 Å². The molecule has 0 aliphatic rings. The highest BCUT2D eigenvalue weighted by Gasteiger charge is 2.18. The number of nitrogens with zero attached hydrogens (tertiary/aromatic N) is 2. The van der Waals surface area contributed by atoms with E-state index in [-0.39, 0.29) is 17.4 Å². The smallest absolute Gasteiger partial charge is 0.275 e. The van der Waals surface area contributed by atoms with Crippen LogP contribution in [0.1, 0.15) is 23.0 Å². The van der Waals surface area contributed by atoms with Gasteiger partial charge in [0.2, 0.25) is 0 Å². The minimum Gasteiger partial charge on any atom is -0.490 e. The first-order valence-corrected chi connectivity index (χ1v) is 8.45. The zero-order valence-electron chi connectivity index (χ0n) is 14.1. The summed E-state index contributed by atoms with van der Waals surface area (Å²) < 4.78 is 20.1. The predicted molar refractivity (Wildman–Crippen MR) is 97.3 cm³/mol. The monoisotopic (exact) mass is 373 g/mol. The van der Waals surface area contributed by atoms with Gasteiger partial charge in [-0.25, -0.2) is 9.07 Å². The molecule has 0 radical (unpaired) electrons. The summed E-state index contributed by atoms with van der Waals surface area (Å²) in [5.74, 6) is -0.332. The minimum absolute atomic E-state index is 0.171. The van der Waals surface area contributed by atoms with Crippen LogP contribution in [-0.4, -0.2) is 22.3 Å². The number of nitrogens with one attached hydrogen (secondary N) is 1. The van der Waals surface area contributed by atoms with E-state index in [0.717, 1.165) is 5.56 Å². The van der Waals surface area contributed by atoms with Crippen molar-refractivity contribution in [3.63, 3.8) is 0 Å². The molecule has 0 unspecified atom stereocenters. The second-order valence-electron chi connectivity index (χ2n) is 5.51. The van der Waals surface area contributed by atoms with E-state index in [4.69, 9.17) is 16.3 Å². The molecule has 2 aromatic carbocycles. The zero-order valence-corrected chi connectivity index (χ0v) is 14.8. The Morgan fingerprint density at radius 1 is 1.19 bits per heavy atom. The Bertz CT molecular complexity index is 892. The van der Waals surface area contributed by atoms with Crippen molar-refractivity contribution in [2.24, 2.45) is 0 Å². The summed E-state index contributed by atoms with van der Waals surface area (Å²) in [6.07, 6.45) is 1.61. The topological polar surface area (TPSA) is 56.2 Å². The van der Waals surface area contributed by atoms with Gasteiger partial charge in [-0.05, 0) is 48.9 Å². The molecule has 134 valence electrons. The molecule has 0 aliphatic heterocycles. The van der Waals surface area contributed by atoms with E-state index < -0.39 is 0 Å². The summed E-state index contributed by atoms with van der Waals surface area (Å²) in [4.78, 5) is 12.5. The molecular formula is C19H17ClFN3O2. The van der Waals surface area contributed by atoms with Crippen molar-refractivity contribution in [2.75, 3.05) is 6.61 Å². The quantitative estimate of drug-likeness (QED) is 0.710. The summed E-state index contributed by atoms with van der Waals surface area (Å²) in [6, 6.07) is 13.0. The number of benzene rings is 2. The second kappa shape index (κ2) is 8.01. The number of hydrogen-bond acceptors (Lipinski definition) is 3. The van der Waals surface area contributed by atoms with Crippen LogP contribution < -0.4 is 10.1 Å². The lowest BCUT2D eigenvalue weighted by molar-refractivity contribution is 0.0941. The second-order valence-corrected chi connectivity index (χ2v) is 5.94. The Balaban J connectivity index is 1.79. The average molecular weight is 374 g/mol. The van der Waals surface area contributed by atoms with Crippen LogP contribution in [0.25, 0.3) is 5.69 Å². The van der Waals surface area contributed by atoms with Gasteiger partial charge >= 0.3 is 0 Å². The van der Waals surface area contributed by atoms with E-state index in [1.165, 1.54) is 16.8 Å². The van der Waals surface area contributed by atoms with Gasteiger partial charge in [0, 0.05) is 11.6 Å². The number of ether oxygens (including phenoxy) is 1. The number of rotatable bonds is 6. The number of carbonyl (C=O) groups excluding carboxylic acids is 1. The van der Waals surface area contributed by atoms with Crippen LogP contribution in [0.15, 0.2) is 54.7 Å². The molecule has 0 saturated carbocycles.